The summed E-state index contributed by atoms with van der Waals surface area (Å²) in [6.07, 6.45) is -0.0764. The zero-order valence-corrected chi connectivity index (χ0v) is 18.1. The third-order valence-corrected chi connectivity index (χ3v) is 5.19. The average Bonchev–Trinajstić information content (AvgIpc) is 3.10. The van der Waals surface area contributed by atoms with E-state index in [0.29, 0.717) is 18.7 Å². The topological polar surface area (TPSA) is 38.1 Å². The number of halogens is 2. The van der Waals surface area contributed by atoms with Crippen molar-refractivity contribution in [3.8, 4) is 5.69 Å². The van der Waals surface area contributed by atoms with Crippen molar-refractivity contribution < 1.29 is 13.6 Å². The Morgan fingerprint density at radius 1 is 0.969 bits per heavy atom. The lowest BCUT2D eigenvalue weighted by molar-refractivity contribution is -0.131. The molecule has 4 nitrogen and oxygen atoms in total. The van der Waals surface area contributed by atoms with Crippen LogP contribution in [0.25, 0.3) is 16.7 Å². The number of hydrogen-bond acceptors (Lipinski definition) is 2. The van der Waals surface area contributed by atoms with Crippen LogP contribution in [0, 0.1) is 17.6 Å². The van der Waals surface area contributed by atoms with E-state index in [0.717, 1.165) is 28.6 Å². The molecule has 3 aromatic carbocycles. The van der Waals surface area contributed by atoms with E-state index >= 15 is 0 Å². The van der Waals surface area contributed by atoms with Crippen molar-refractivity contribution in [1.29, 1.82) is 0 Å². The van der Waals surface area contributed by atoms with Crippen LogP contribution >= 0.6 is 0 Å². The Morgan fingerprint density at radius 2 is 1.62 bits per heavy atom. The highest BCUT2D eigenvalue weighted by molar-refractivity contribution is 5.80. The monoisotopic (exact) mass is 433 g/mol. The molecule has 0 radical (unpaired) electrons. The van der Waals surface area contributed by atoms with Crippen molar-refractivity contribution in [2.45, 2.75) is 26.8 Å². The molecule has 0 N–H and O–H groups in total. The summed E-state index contributed by atoms with van der Waals surface area (Å²) in [5.41, 5.74) is 3.08. The van der Waals surface area contributed by atoms with Gasteiger partial charge in [0.2, 0.25) is 5.91 Å². The smallest absolute Gasteiger partial charge is 0.227 e. The van der Waals surface area contributed by atoms with Crippen molar-refractivity contribution in [1.82, 2.24) is 14.5 Å². The van der Waals surface area contributed by atoms with E-state index in [2.05, 4.69) is 4.57 Å². The number of benzene rings is 3. The van der Waals surface area contributed by atoms with E-state index in [1.807, 2.05) is 68.4 Å². The van der Waals surface area contributed by atoms with Crippen LogP contribution in [0.2, 0.25) is 0 Å². The lowest BCUT2D eigenvalue weighted by Gasteiger charge is -2.25. The van der Waals surface area contributed by atoms with Gasteiger partial charge in [-0.3, -0.25) is 9.36 Å². The second kappa shape index (κ2) is 9.30. The minimum absolute atomic E-state index is 0.0764. The standard InChI is InChI=1S/C26H25F2N3O/c1-18(2)16-30(26(32)14-19-12-20(27)15-21(28)13-19)17-25-29-23-10-6-7-11-24(23)31(25)22-8-4-3-5-9-22/h3-13,15,18H,14,16-17H2,1-2H3. The molecule has 4 rings (SSSR count). The molecule has 0 unspecified atom stereocenters. The lowest BCUT2D eigenvalue weighted by Crippen LogP contribution is -2.35. The number of aromatic nitrogens is 2. The molecule has 4 aromatic rings. The van der Waals surface area contributed by atoms with Crippen LogP contribution in [0.5, 0.6) is 0 Å². The number of hydrogen-bond donors (Lipinski definition) is 0. The molecule has 6 heteroatoms. The molecule has 0 spiro atoms. The van der Waals surface area contributed by atoms with Gasteiger partial charge in [-0.2, -0.15) is 0 Å². The van der Waals surface area contributed by atoms with Gasteiger partial charge in [0.15, 0.2) is 0 Å². The second-order valence-corrected chi connectivity index (χ2v) is 8.31. The zero-order valence-electron chi connectivity index (χ0n) is 18.1. The summed E-state index contributed by atoms with van der Waals surface area (Å²) >= 11 is 0. The summed E-state index contributed by atoms with van der Waals surface area (Å²) in [6, 6.07) is 20.9. The van der Waals surface area contributed by atoms with Crippen molar-refractivity contribution in [2.75, 3.05) is 6.54 Å². The largest absolute Gasteiger partial charge is 0.335 e. The summed E-state index contributed by atoms with van der Waals surface area (Å²) in [6.45, 7) is 4.86. The van der Waals surface area contributed by atoms with Gasteiger partial charge < -0.3 is 4.90 Å². The van der Waals surface area contributed by atoms with Crippen LogP contribution in [0.1, 0.15) is 25.2 Å². The van der Waals surface area contributed by atoms with Gasteiger partial charge in [0.1, 0.15) is 17.5 Å². The van der Waals surface area contributed by atoms with Gasteiger partial charge in [-0.15, -0.1) is 0 Å². The maximum Gasteiger partial charge on any atom is 0.227 e. The molecule has 0 atom stereocenters. The van der Waals surface area contributed by atoms with E-state index in [1.54, 1.807) is 4.90 Å². The highest BCUT2D eigenvalue weighted by Gasteiger charge is 2.21. The Balaban J connectivity index is 1.69. The predicted molar refractivity (Wildman–Crippen MR) is 121 cm³/mol. The Hall–Kier alpha value is -3.54. The van der Waals surface area contributed by atoms with Gasteiger partial charge in [0, 0.05) is 18.3 Å². The molecule has 32 heavy (non-hydrogen) atoms. The third-order valence-electron chi connectivity index (χ3n) is 5.19. The van der Waals surface area contributed by atoms with Gasteiger partial charge in [-0.25, -0.2) is 13.8 Å². The first-order valence-corrected chi connectivity index (χ1v) is 10.6. The molecule has 0 bridgehead atoms. The second-order valence-electron chi connectivity index (χ2n) is 8.31. The maximum absolute atomic E-state index is 13.6. The molecule has 0 aliphatic rings. The van der Waals surface area contributed by atoms with Crippen LogP contribution < -0.4 is 0 Å². The van der Waals surface area contributed by atoms with Gasteiger partial charge in [-0.1, -0.05) is 44.2 Å². The predicted octanol–water partition coefficient (Wildman–Crippen LogP) is 5.53. The number of imidazole rings is 1. The van der Waals surface area contributed by atoms with Crippen molar-refractivity contribution >= 4 is 16.9 Å². The third kappa shape index (κ3) is 4.85. The van der Waals surface area contributed by atoms with Gasteiger partial charge in [0.25, 0.3) is 0 Å². The van der Waals surface area contributed by atoms with Crippen molar-refractivity contribution in [2.24, 2.45) is 5.92 Å². The SMILES string of the molecule is CC(C)CN(Cc1nc2ccccc2n1-c1ccccc1)C(=O)Cc1cc(F)cc(F)c1. The molecule has 164 valence electrons. The number of amides is 1. The molecule has 1 aromatic heterocycles. The van der Waals surface area contributed by atoms with Gasteiger partial charge in [-0.05, 0) is 47.9 Å². The molecule has 1 amide bonds. The first kappa shape index (κ1) is 21.7. The summed E-state index contributed by atoms with van der Waals surface area (Å²) < 4.78 is 29.3. The van der Waals surface area contributed by atoms with Crippen LogP contribution in [0.4, 0.5) is 8.78 Å². The Kier molecular flexibility index (Phi) is 6.30. The van der Waals surface area contributed by atoms with Crippen LogP contribution in [0.15, 0.2) is 72.8 Å². The Morgan fingerprint density at radius 3 is 2.31 bits per heavy atom. The maximum atomic E-state index is 13.6. The Labute approximate surface area is 186 Å². The van der Waals surface area contributed by atoms with Crippen molar-refractivity contribution in [3.63, 3.8) is 0 Å². The zero-order chi connectivity index (χ0) is 22.7. The van der Waals surface area contributed by atoms with Gasteiger partial charge >= 0.3 is 0 Å². The number of carbonyl (C=O) groups is 1. The number of carbonyl (C=O) groups excluding carboxylic acids is 1. The molecular formula is C26H25F2N3O. The highest BCUT2D eigenvalue weighted by Crippen LogP contribution is 2.23. The normalized spacial score (nSPS) is 11.3. The number of fused-ring (bicyclic) bond motifs is 1. The summed E-state index contributed by atoms with van der Waals surface area (Å²) in [4.78, 5) is 19.7. The minimum Gasteiger partial charge on any atom is -0.335 e. The van der Waals surface area contributed by atoms with E-state index in [-0.39, 0.29) is 18.2 Å². The summed E-state index contributed by atoms with van der Waals surface area (Å²) in [5.74, 6) is -0.618. The number of nitrogens with zero attached hydrogens (tertiary/aromatic N) is 3. The van der Waals surface area contributed by atoms with Gasteiger partial charge in [0.05, 0.1) is 24.0 Å². The first-order valence-electron chi connectivity index (χ1n) is 10.6. The molecule has 0 saturated carbocycles. The summed E-state index contributed by atoms with van der Waals surface area (Å²) in [5, 5.41) is 0. The van der Waals surface area contributed by atoms with E-state index in [9.17, 15) is 13.6 Å². The van der Waals surface area contributed by atoms with Crippen LogP contribution in [-0.2, 0) is 17.8 Å². The lowest BCUT2D eigenvalue weighted by atomic mass is 10.1. The van der Waals surface area contributed by atoms with Crippen molar-refractivity contribution in [3.05, 3.63) is 95.8 Å². The van der Waals surface area contributed by atoms with E-state index in [1.165, 1.54) is 12.1 Å². The minimum atomic E-state index is -0.686. The fraction of sp³-hybridized carbons (Fsp3) is 0.231. The molecule has 0 saturated heterocycles. The molecular weight excluding hydrogens is 408 g/mol. The highest BCUT2D eigenvalue weighted by atomic mass is 19.1. The van der Waals surface area contributed by atoms with E-state index in [4.69, 9.17) is 4.98 Å². The fourth-order valence-corrected chi connectivity index (χ4v) is 3.91. The Bertz CT molecular complexity index is 1210. The molecule has 0 fully saturated rings. The van der Waals surface area contributed by atoms with Crippen LogP contribution in [-0.4, -0.2) is 26.9 Å². The average molecular weight is 434 g/mol. The fourth-order valence-electron chi connectivity index (χ4n) is 3.91. The number of para-hydroxylation sites is 3. The van der Waals surface area contributed by atoms with Crippen LogP contribution in [0.3, 0.4) is 0 Å². The van der Waals surface area contributed by atoms with E-state index < -0.39 is 11.6 Å². The number of rotatable bonds is 7. The molecule has 0 aliphatic heterocycles. The summed E-state index contributed by atoms with van der Waals surface area (Å²) in [7, 11) is 0. The molecule has 1 heterocycles. The first-order chi connectivity index (χ1) is 15.4. The molecule has 0 aliphatic carbocycles. The quantitative estimate of drug-likeness (QED) is 0.384.